The van der Waals surface area contributed by atoms with Crippen LogP contribution in [0.1, 0.15) is 10.5 Å². The molecular weight excluding hydrogens is 244 g/mol. The predicted octanol–water partition coefficient (Wildman–Crippen LogP) is 0.538. The van der Waals surface area contributed by atoms with Gasteiger partial charge in [0.25, 0.3) is 5.91 Å². The zero-order valence-electron chi connectivity index (χ0n) is 11.5. The zero-order chi connectivity index (χ0) is 14.3. The molecule has 0 unspecified atom stereocenters. The largest absolute Gasteiger partial charge is 0.369 e. The van der Waals surface area contributed by atoms with Crippen LogP contribution in [0.15, 0.2) is 28.3 Å². The van der Waals surface area contributed by atoms with Crippen LogP contribution in [0.3, 0.4) is 0 Å². The molecule has 0 spiro atoms. The van der Waals surface area contributed by atoms with Gasteiger partial charge in [0, 0.05) is 28.2 Å². The molecule has 0 atom stereocenters. The molecule has 19 heavy (non-hydrogen) atoms. The van der Waals surface area contributed by atoms with E-state index in [4.69, 9.17) is 0 Å². The molecule has 1 amide bonds. The number of carbonyl (C=O) groups excluding carboxylic acids is 1. The SMILES string of the molecule is CN(C)C=NNC(=O)c1cccc(N=CN(C)C)n1. The Balaban J connectivity index is 2.73. The summed E-state index contributed by atoms with van der Waals surface area (Å²) in [6, 6.07) is 5.05. The average molecular weight is 262 g/mol. The molecule has 0 aliphatic heterocycles. The minimum Gasteiger partial charge on any atom is -0.369 e. The van der Waals surface area contributed by atoms with Gasteiger partial charge >= 0.3 is 0 Å². The molecule has 0 aliphatic rings. The van der Waals surface area contributed by atoms with Crippen LogP contribution in [0.4, 0.5) is 5.82 Å². The smallest absolute Gasteiger partial charge is 0.290 e. The van der Waals surface area contributed by atoms with Crippen molar-refractivity contribution in [3.8, 4) is 0 Å². The molecule has 1 heterocycles. The highest BCUT2D eigenvalue weighted by Gasteiger charge is 2.06. The fourth-order valence-corrected chi connectivity index (χ4v) is 1.06. The molecule has 7 nitrogen and oxygen atoms in total. The Morgan fingerprint density at radius 1 is 1.21 bits per heavy atom. The van der Waals surface area contributed by atoms with Gasteiger partial charge in [-0.1, -0.05) is 6.07 Å². The standard InChI is InChI=1S/C12H18N6O/c1-17(2)8-13-11-7-5-6-10(15-11)12(19)16-14-9-18(3)4/h5-9H,1-4H3,(H,16,19). The lowest BCUT2D eigenvalue weighted by atomic mass is 10.3. The normalized spacial score (nSPS) is 10.9. The summed E-state index contributed by atoms with van der Waals surface area (Å²) < 4.78 is 0. The van der Waals surface area contributed by atoms with Crippen molar-refractivity contribution in [2.75, 3.05) is 28.2 Å². The number of aromatic nitrogens is 1. The van der Waals surface area contributed by atoms with E-state index in [0.717, 1.165) is 0 Å². The third-order valence-electron chi connectivity index (χ3n) is 1.84. The molecule has 7 heteroatoms. The van der Waals surface area contributed by atoms with E-state index in [1.165, 1.54) is 6.34 Å². The summed E-state index contributed by atoms with van der Waals surface area (Å²) in [5, 5.41) is 3.77. The van der Waals surface area contributed by atoms with Gasteiger partial charge in [0.1, 0.15) is 12.0 Å². The Kier molecular flexibility index (Phi) is 5.46. The Hall–Kier alpha value is -2.44. The Labute approximate surface area is 112 Å². The van der Waals surface area contributed by atoms with Gasteiger partial charge in [0.05, 0.1) is 6.34 Å². The van der Waals surface area contributed by atoms with Crippen LogP contribution in [-0.2, 0) is 0 Å². The zero-order valence-corrected chi connectivity index (χ0v) is 11.5. The summed E-state index contributed by atoms with van der Waals surface area (Å²) in [6.45, 7) is 0. The minimum atomic E-state index is -0.375. The molecule has 1 N–H and O–H groups in total. The van der Waals surface area contributed by atoms with Crippen LogP contribution in [-0.4, -0.2) is 61.6 Å². The van der Waals surface area contributed by atoms with Gasteiger partial charge in [-0.3, -0.25) is 4.79 Å². The fraction of sp³-hybridized carbons (Fsp3) is 0.333. The molecule has 0 saturated heterocycles. The van der Waals surface area contributed by atoms with Crippen molar-refractivity contribution in [2.24, 2.45) is 10.1 Å². The summed E-state index contributed by atoms with van der Waals surface area (Å²) >= 11 is 0. The second-order valence-electron chi connectivity index (χ2n) is 4.24. The Bertz CT molecular complexity index is 481. The minimum absolute atomic E-state index is 0.268. The second kappa shape index (κ2) is 7.10. The third-order valence-corrected chi connectivity index (χ3v) is 1.84. The lowest BCUT2D eigenvalue weighted by Crippen LogP contribution is -2.21. The van der Waals surface area contributed by atoms with Crippen molar-refractivity contribution in [3.05, 3.63) is 23.9 Å². The highest BCUT2D eigenvalue weighted by Crippen LogP contribution is 2.07. The molecule has 0 saturated carbocycles. The van der Waals surface area contributed by atoms with Crippen LogP contribution in [0.5, 0.6) is 0 Å². The van der Waals surface area contributed by atoms with Crippen LogP contribution in [0.2, 0.25) is 0 Å². The first-order valence-corrected chi connectivity index (χ1v) is 5.66. The number of hydrogen-bond donors (Lipinski definition) is 1. The van der Waals surface area contributed by atoms with E-state index in [0.29, 0.717) is 5.82 Å². The van der Waals surface area contributed by atoms with Gasteiger partial charge in [-0.05, 0) is 12.1 Å². The van der Waals surface area contributed by atoms with Gasteiger partial charge in [0.15, 0.2) is 5.82 Å². The van der Waals surface area contributed by atoms with E-state index in [2.05, 4.69) is 20.5 Å². The molecule has 0 aromatic carbocycles. The lowest BCUT2D eigenvalue weighted by molar-refractivity contribution is 0.0950. The molecule has 1 rings (SSSR count). The molecule has 0 bridgehead atoms. The first-order chi connectivity index (χ1) is 8.99. The van der Waals surface area contributed by atoms with E-state index in [1.807, 2.05) is 28.2 Å². The summed E-state index contributed by atoms with van der Waals surface area (Å²) in [5.74, 6) is 0.0953. The number of nitrogens with one attached hydrogen (secondary N) is 1. The molecule has 0 radical (unpaired) electrons. The predicted molar refractivity (Wildman–Crippen MR) is 75.7 cm³/mol. The van der Waals surface area contributed by atoms with Crippen LogP contribution in [0, 0.1) is 0 Å². The van der Waals surface area contributed by atoms with E-state index in [9.17, 15) is 4.79 Å². The molecule has 0 aliphatic carbocycles. The maximum absolute atomic E-state index is 11.7. The van der Waals surface area contributed by atoms with Crippen molar-refractivity contribution >= 4 is 24.4 Å². The molecule has 1 aromatic heterocycles. The van der Waals surface area contributed by atoms with Gasteiger partial charge in [-0.2, -0.15) is 5.10 Å². The van der Waals surface area contributed by atoms with Crippen molar-refractivity contribution in [3.63, 3.8) is 0 Å². The van der Waals surface area contributed by atoms with E-state index >= 15 is 0 Å². The molecular formula is C12H18N6O. The number of rotatable bonds is 5. The number of nitrogens with zero attached hydrogens (tertiary/aromatic N) is 5. The van der Waals surface area contributed by atoms with Crippen molar-refractivity contribution in [2.45, 2.75) is 0 Å². The molecule has 1 aromatic rings. The van der Waals surface area contributed by atoms with Gasteiger partial charge in [-0.15, -0.1) is 0 Å². The summed E-state index contributed by atoms with van der Waals surface area (Å²) in [5.41, 5.74) is 2.65. The molecule has 0 fully saturated rings. The Morgan fingerprint density at radius 3 is 2.53 bits per heavy atom. The van der Waals surface area contributed by atoms with Crippen LogP contribution >= 0.6 is 0 Å². The fourth-order valence-electron chi connectivity index (χ4n) is 1.06. The van der Waals surface area contributed by atoms with Gasteiger partial charge < -0.3 is 9.80 Å². The highest BCUT2D eigenvalue weighted by atomic mass is 16.2. The van der Waals surface area contributed by atoms with Crippen molar-refractivity contribution in [1.29, 1.82) is 0 Å². The van der Waals surface area contributed by atoms with Crippen LogP contribution < -0.4 is 5.43 Å². The average Bonchev–Trinajstić information content (AvgIpc) is 2.36. The number of aliphatic imine (C=N–C) groups is 1. The first-order valence-electron chi connectivity index (χ1n) is 5.66. The topological polar surface area (TPSA) is 73.2 Å². The summed E-state index contributed by atoms with van der Waals surface area (Å²) in [4.78, 5) is 23.5. The first kappa shape index (κ1) is 14.6. The number of carbonyl (C=O) groups is 1. The number of hydrogen-bond acceptors (Lipinski definition) is 4. The van der Waals surface area contributed by atoms with Gasteiger partial charge in [0.2, 0.25) is 0 Å². The number of amides is 1. The quantitative estimate of drug-likeness (QED) is 0.477. The van der Waals surface area contributed by atoms with Crippen molar-refractivity contribution in [1.82, 2.24) is 20.2 Å². The van der Waals surface area contributed by atoms with E-state index < -0.39 is 0 Å². The maximum atomic E-state index is 11.7. The lowest BCUT2D eigenvalue weighted by Gasteiger charge is -2.04. The molecule has 102 valence electrons. The number of hydrazone groups is 1. The monoisotopic (exact) mass is 262 g/mol. The number of pyridine rings is 1. The van der Waals surface area contributed by atoms with E-state index in [-0.39, 0.29) is 11.6 Å². The second-order valence-corrected chi connectivity index (χ2v) is 4.24. The summed E-state index contributed by atoms with van der Waals surface area (Å²) in [6.07, 6.45) is 3.11. The van der Waals surface area contributed by atoms with E-state index in [1.54, 1.807) is 34.3 Å². The van der Waals surface area contributed by atoms with Crippen LogP contribution in [0.25, 0.3) is 0 Å². The van der Waals surface area contributed by atoms with Gasteiger partial charge in [-0.25, -0.2) is 15.4 Å². The highest BCUT2D eigenvalue weighted by molar-refractivity contribution is 5.92. The third kappa shape index (κ3) is 5.62. The Morgan fingerprint density at radius 2 is 1.89 bits per heavy atom. The maximum Gasteiger partial charge on any atom is 0.290 e. The summed E-state index contributed by atoms with van der Waals surface area (Å²) in [7, 11) is 7.33. The van der Waals surface area contributed by atoms with Crippen molar-refractivity contribution < 1.29 is 4.79 Å².